The number of amides is 1. The van der Waals surface area contributed by atoms with E-state index in [2.05, 4.69) is 5.32 Å². The van der Waals surface area contributed by atoms with E-state index in [0.29, 0.717) is 21.5 Å². The van der Waals surface area contributed by atoms with Gasteiger partial charge >= 0.3 is 5.97 Å². The second-order valence-electron chi connectivity index (χ2n) is 6.64. The standard InChI is InChI=1S/C20H22Cl2N2O6S/c1-12-9-17(18(29-4)10-16(12)22)23-20(26)13(2)30-19(25)11-24(3)31(27,28)15-7-5-14(21)6-8-15/h5-10,13H,11H2,1-4H3,(H,23,26). The van der Waals surface area contributed by atoms with E-state index in [9.17, 15) is 18.0 Å². The van der Waals surface area contributed by atoms with Crippen molar-refractivity contribution in [2.24, 2.45) is 0 Å². The molecule has 2 aromatic carbocycles. The Balaban J connectivity index is 2.01. The molecule has 2 rings (SSSR count). The number of benzene rings is 2. The second kappa shape index (κ2) is 10.3. The second-order valence-corrected chi connectivity index (χ2v) is 9.53. The van der Waals surface area contributed by atoms with Crippen molar-refractivity contribution in [2.45, 2.75) is 24.8 Å². The first-order valence-corrected chi connectivity index (χ1v) is 11.2. The number of anilines is 1. The van der Waals surface area contributed by atoms with Crippen LogP contribution in [0.3, 0.4) is 0 Å². The predicted molar refractivity (Wildman–Crippen MR) is 118 cm³/mol. The molecule has 0 bridgehead atoms. The van der Waals surface area contributed by atoms with Crippen molar-refractivity contribution in [1.82, 2.24) is 4.31 Å². The quantitative estimate of drug-likeness (QED) is 0.570. The van der Waals surface area contributed by atoms with Gasteiger partial charge in [0.15, 0.2) is 6.10 Å². The molecule has 0 aliphatic rings. The Bertz CT molecular complexity index is 1070. The van der Waals surface area contributed by atoms with E-state index in [1.807, 2.05) is 0 Å². The summed E-state index contributed by atoms with van der Waals surface area (Å²) in [6.07, 6.45) is -1.18. The normalized spacial score (nSPS) is 12.4. The fourth-order valence-electron chi connectivity index (χ4n) is 2.51. The van der Waals surface area contributed by atoms with Crippen molar-refractivity contribution in [1.29, 1.82) is 0 Å². The summed E-state index contributed by atoms with van der Waals surface area (Å²) in [6.45, 7) is 2.56. The van der Waals surface area contributed by atoms with Gasteiger partial charge in [0, 0.05) is 23.2 Å². The molecule has 0 saturated carbocycles. The van der Waals surface area contributed by atoms with Gasteiger partial charge in [-0.2, -0.15) is 4.31 Å². The fourth-order valence-corrected chi connectivity index (χ4v) is 3.90. The number of ether oxygens (including phenoxy) is 2. The first-order chi connectivity index (χ1) is 14.4. The van der Waals surface area contributed by atoms with Crippen LogP contribution in [0.1, 0.15) is 12.5 Å². The largest absolute Gasteiger partial charge is 0.495 e. The van der Waals surface area contributed by atoms with Gasteiger partial charge in [-0.25, -0.2) is 8.42 Å². The van der Waals surface area contributed by atoms with E-state index in [0.717, 1.165) is 9.87 Å². The van der Waals surface area contributed by atoms with Crippen LogP contribution in [-0.4, -0.2) is 51.4 Å². The highest BCUT2D eigenvalue weighted by molar-refractivity contribution is 7.89. The van der Waals surface area contributed by atoms with E-state index in [1.165, 1.54) is 45.3 Å². The Kier molecular flexibility index (Phi) is 8.30. The molecule has 11 heteroatoms. The van der Waals surface area contributed by atoms with E-state index in [4.69, 9.17) is 32.7 Å². The maximum absolute atomic E-state index is 12.5. The number of aryl methyl sites for hydroxylation is 1. The van der Waals surface area contributed by atoms with Crippen LogP contribution in [0, 0.1) is 6.92 Å². The van der Waals surface area contributed by atoms with Crippen LogP contribution in [0.15, 0.2) is 41.3 Å². The Labute approximate surface area is 191 Å². The molecule has 1 amide bonds. The van der Waals surface area contributed by atoms with E-state index < -0.39 is 34.5 Å². The molecule has 2 aromatic rings. The molecule has 0 spiro atoms. The van der Waals surface area contributed by atoms with Gasteiger partial charge in [0.25, 0.3) is 5.91 Å². The summed E-state index contributed by atoms with van der Waals surface area (Å²) in [7, 11) is -1.27. The summed E-state index contributed by atoms with van der Waals surface area (Å²) in [5.41, 5.74) is 1.08. The van der Waals surface area contributed by atoms with E-state index in [1.54, 1.807) is 19.1 Å². The van der Waals surface area contributed by atoms with Crippen LogP contribution in [-0.2, 0) is 24.3 Å². The molecular weight excluding hydrogens is 467 g/mol. The molecule has 8 nitrogen and oxygen atoms in total. The molecular formula is C20H22Cl2N2O6S. The molecule has 31 heavy (non-hydrogen) atoms. The Morgan fingerprint density at radius 1 is 1.16 bits per heavy atom. The Morgan fingerprint density at radius 3 is 2.35 bits per heavy atom. The maximum atomic E-state index is 12.5. The summed E-state index contributed by atoms with van der Waals surface area (Å²) in [5, 5.41) is 3.46. The average Bonchev–Trinajstić information content (AvgIpc) is 2.70. The number of hydrogen-bond acceptors (Lipinski definition) is 6. The maximum Gasteiger partial charge on any atom is 0.322 e. The lowest BCUT2D eigenvalue weighted by atomic mass is 10.2. The van der Waals surface area contributed by atoms with Crippen molar-refractivity contribution < 1.29 is 27.5 Å². The van der Waals surface area contributed by atoms with Gasteiger partial charge < -0.3 is 14.8 Å². The number of likely N-dealkylation sites (N-methyl/N-ethyl adjacent to an activating group) is 1. The van der Waals surface area contributed by atoms with Gasteiger partial charge in [-0.15, -0.1) is 0 Å². The minimum atomic E-state index is -3.93. The molecule has 1 unspecified atom stereocenters. The van der Waals surface area contributed by atoms with Crippen LogP contribution in [0.4, 0.5) is 5.69 Å². The minimum Gasteiger partial charge on any atom is -0.495 e. The smallest absolute Gasteiger partial charge is 0.322 e. The molecule has 0 fully saturated rings. The SMILES string of the molecule is COc1cc(Cl)c(C)cc1NC(=O)C(C)OC(=O)CN(C)S(=O)(=O)c1ccc(Cl)cc1. The lowest BCUT2D eigenvalue weighted by molar-refractivity contribution is -0.153. The number of hydrogen-bond donors (Lipinski definition) is 1. The molecule has 1 N–H and O–H groups in total. The van der Waals surface area contributed by atoms with Crippen molar-refractivity contribution in [3.05, 3.63) is 52.0 Å². The lowest BCUT2D eigenvalue weighted by Gasteiger charge is -2.19. The molecule has 168 valence electrons. The van der Waals surface area contributed by atoms with Crippen LogP contribution >= 0.6 is 23.2 Å². The zero-order valence-corrected chi connectivity index (χ0v) is 19.6. The van der Waals surface area contributed by atoms with Crippen molar-refractivity contribution in [3.8, 4) is 5.75 Å². The number of halogens is 2. The van der Waals surface area contributed by atoms with Gasteiger partial charge in [0.05, 0.1) is 17.7 Å². The third-order valence-corrected chi connectivity index (χ3v) is 6.77. The first kappa shape index (κ1) is 24.9. The summed E-state index contributed by atoms with van der Waals surface area (Å²) >= 11 is 11.8. The van der Waals surface area contributed by atoms with Crippen LogP contribution < -0.4 is 10.1 Å². The first-order valence-electron chi connectivity index (χ1n) is 9.02. The summed E-state index contributed by atoms with van der Waals surface area (Å²) in [5.74, 6) is -1.16. The minimum absolute atomic E-state index is 0.0248. The highest BCUT2D eigenvalue weighted by atomic mass is 35.5. The highest BCUT2D eigenvalue weighted by Gasteiger charge is 2.26. The number of carbonyl (C=O) groups excluding carboxylic acids is 2. The average molecular weight is 489 g/mol. The van der Waals surface area contributed by atoms with Gasteiger partial charge in [-0.3, -0.25) is 9.59 Å². The van der Waals surface area contributed by atoms with Crippen LogP contribution in [0.25, 0.3) is 0 Å². The van der Waals surface area contributed by atoms with E-state index in [-0.39, 0.29) is 4.90 Å². The van der Waals surface area contributed by atoms with Crippen molar-refractivity contribution in [2.75, 3.05) is 26.0 Å². The number of carbonyl (C=O) groups is 2. The van der Waals surface area contributed by atoms with Gasteiger partial charge in [0.2, 0.25) is 10.0 Å². The molecule has 0 radical (unpaired) electrons. The summed E-state index contributed by atoms with van der Waals surface area (Å²) in [4.78, 5) is 24.6. The number of sulfonamides is 1. The number of nitrogens with one attached hydrogen (secondary N) is 1. The fraction of sp³-hybridized carbons (Fsp3) is 0.300. The van der Waals surface area contributed by atoms with Gasteiger partial charge in [-0.1, -0.05) is 23.2 Å². The zero-order chi connectivity index (χ0) is 23.3. The third-order valence-electron chi connectivity index (χ3n) is 4.29. The summed E-state index contributed by atoms with van der Waals surface area (Å²) < 4.78 is 36.2. The van der Waals surface area contributed by atoms with Gasteiger partial charge in [0.1, 0.15) is 12.3 Å². The summed E-state index contributed by atoms with van der Waals surface area (Å²) in [6, 6.07) is 8.70. The molecule has 0 saturated heterocycles. The number of rotatable bonds is 8. The molecule has 0 heterocycles. The Hall–Kier alpha value is -2.33. The van der Waals surface area contributed by atoms with Crippen LogP contribution in [0.2, 0.25) is 10.0 Å². The lowest BCUT2D eigenvalue weighted by Crippen LogP contribution is -2.37. The predicted octanol–water partition coefficient (Wildman–Crippen LogP) is 3.50. The monoisotopic (exact) mass is 488 g/mol. The molecule has 0 aromatic heterocycles. The topological polar surface area (TPSA) is 102 Å². The molecule has 0 aliphatic heterocycles. The number of nitrogens with zero attached hydrogens (tertiary/aromatic N) is 1. The van der Waals surface area contributed by atoms with Crippen molar-refractivity contribution >= 4 is 50.8 Å². The number of esters is 1. The molecule has 1 atom stereocenters. The Morgan fingerprint density at radius 2 is 1.77 bits per heavy atom. The van der Waals surface area contributed by atoms with Gasteiger partial charge in [-0.05, 0) is 49.7 Å². The van der Waals surface area contributed by atoms with Crippen LogP contribution in [0.5, 0.6) is 5.75 Å². The number of methoxy groups -OCH3 is 1. The zero-order valence-electron chi connectivity index (χ0n) is 17.3. The molecule has 0 aliphatic carbocycles. The van der Waals surface area contributed by atoms with Crippen molar-refractivity contribution in [3.63, 3.8) is 0 Å². The van der Waals surface area contributed by atoms with E-state index >= 15 is 0 Å². The third kappa shape index (κ3) is 6.33. The highest BCUT2D eigenvalue weighted by Crippen LogP contribution is 2.31.